The average Bonchev–Trinajstić information content (AvgIpc) is 2.49. The van der Waals surface area contributed by atoms with Gasteiger partial charge in [-0.2, -0.15) is 0 Å². The summed E-state index contributed by atoms with van der Waals surface area (Å²) in [6, 6.07) is 9.96. The smallest absolute Gasteiger partial charge is 0.0415 e. The molecule has 0 radical (unpaired) electrons. The second-order valence-corrected chi connectivity index (χ2v) is 5.73. The largest absolute Gasteiger partial charge is 0.368 e. The lowest BCUT2D eigenvalue weighted by Gasteiger charge is -2.41. The van der Waals surface area contributed by atoms with Crippen LogP contribution in [-0.4, -0.2) is 44.2 Å². The summed E-state index contributed by atoms with van der Waals surface area (Å²) in [5, 5.41) is 3.44. The van der Waals surface area contributed by atoms with E-state index in [9.17, 15) is 0 Å². The summed E-state index contributed by atoms with van der Waals surface area (Å²) in [5.41, 5.74) is 2.85. The molecule has 0 aliphatic carbocycles. The highest BCUT2D eigenvalue weighted by Gasteiger charge is 2.24. The number of rotatable bonds is 5. The van der Waals surface area contributed by atoms with Gasteiger partial charge in [-0.15, -0.1) is 0 Å². The van der Waals surface area contributed by atoms with Crippen LogP contribution in [0, 0.1) is 0 Å². The number of piperazine rings is 1. The molecule has 0 amide bonds. The molecule has 1 aliphatic rings. The van der Waals surface area contributed by atoms with Crippen LogP contribution in [0.3, 0.4) is 0 Å². The van der Waals surface area contributed by atoms with Crippen molar-refractivity contribution in [3.8, 4) is 0 Å². The zero-order valence-electron chi connectivity index (χ0n) is 13.4. The Morgan fingerprint density at radius 2 is 2.00 bits per heavy atom. The van der Waals surface area contributed by atoms with Gasteiger partial charge >= 0.3 is 0 Å². The number of anilines is 1. The summed E-state index contributed by atoms with van der Waals surface area (Å²) in [4.78, 5) is 5.13. The maximum Gasteiger partial charge on any atom is 0.0415 e. The van der Waals surface area contributed by atoms with Crippen LogP contribution in [-0.2, 0) is 0 Å². The summed E-state index contributed by atoms with van der Waals surface area (Å²) in [5.74, 6) is 0. The Hall–Kier alpha value is -1.06. The van der Waals surface area contributed by atoms with Crippen LogP contribution in [0.15, 0.2) is 24.3 Å². The van der Waals surface area contributed by atoms with E-state index in [0.717, 1.165) is 26.1 Å². The zero-order chi connectivity index (χ0) is 14.5. The number of benzene rings is 1. The molecule has 1 N–H and O–H groups in total. The number of para-hydroxylation sites is 1. The SMILES string of the molecule is CCC(NC)c1ccccc1N1CCN(CC)C(C)C1. The maximum atomic E-state index is 3.44. The number of nitrogens with one attached hydrogen (secondary N) is 1. The van der Waals surface area contributed by atoms with Gasteiger partial charge in [0.1, 0.15) is 0 Å². The lowest BCUT2D eigenvalue weighted by molar-refractivity contribution is 0.199. The molecule has 1 saturated heterocycles. The Morgan fingerprint density at radius 3 is 2.60 bits per heavy atom. The third kappa shape index (κ3) is 3.15. The Labute approximate surface area is 124 Å². The highest BCUT2D eigenvalue weighted by molar-refractivity contribution is 5.55. The molecular weight excluding hydrogens is 246 g/mol. The standard InChI is InChI=1S/C17H29N3/c1-5-16(18-4)15-9-7-8-10-17(15)20-12-11-19(6-2)14(3)13-20/h7-10,14,16,18H,5-6,11-13H2,1-4H3. The van der Waals surface area contributed by atoms with Crippen molar-refractivity contribution in [3.63, 3.8) is 0 Å². The topological polar surface area (TPSA) is 18.5 Å². The van der Waals surface area contributed by atoms with Crippen molar-refractivity contribution < 1.29 is 0 Å². The molecule has 112 valence electrons. The van der Waals surface area contributed by atoms with Gasteiger partial charge in [0.05, 0.1) is 0 Å². The molecule has 0 spiro atoms. The van der Waals surface area contributed by atoms with Crippen molar-refractivity contribution in [2.75, 3.05) is 38.1 Å². The average molecular weight is 275 g/mol. The molecular formula is C17H29N3. The molecule has 1 aromatic rings. The van der Waals surface area contributed by atoms with E-state index in [1.165, 1.54) is 17.8 Å². The van der Waals surface area contributed by atoms with E-state index in [0.29, 0.717) is 12.1 Å². The fourth-order valence-corrected chi connectivity index (χ4v) is 3.33. The van der Waals surface area contributed by atoms with Gasteiger partial charge in [-0.3, -0.25) is 4.90 Å². The lowest BCUT2D eigenvalue weighted by Crippen LogP contribution is -2.52. The van der Waals surface area contributed by atoms with E-state index in [2.05, 4.69) is 67.2 Å². The summed E-state index contributed by atoms with van der Waals surface area (Å²) in [7, 11) is 2.06. The van der Waals surface area contributed by atoms with Crippen molar-refractivity contribution in [1.29, 1.82) is 0 Å². The summed E-state index contributed by atoms with van der Waals surface area (Å²) < 4.78 is 0. The quantitative estimate of drug-likeness (QED) is 0.891. The molecule has 0 bridgehead atoms. The molecule has 2 atom stereocenters. The van der Waals surface area contributed by atoms with E-state index in [-0.39, 0.29) is 0 Å². The minimum atomic E-state index is 0.450. The molecule has 0 aromatic heterocycles. The number of hydrogen-bond donors (Lipinski definition) is 1. The first kappa shape index (κ1) is 15.3. The fraction of sp³-hybridized carbons (Fsp3) is 0.647. The van der Waals surface area contributed by atoms with E-state index in [1.807, 2.05) is 0 Å². The Balaban J connectivity index is 2.21. The molecule has 1 fully saturated rings. The number of hydrogen-bond acceptors (Lipinski definition) is 3. The second-order valence-electron chi connectivity index (χ2n) is 5.73. The predicted octanol–water partition coefficient (Wildman–Crippen LogP) is 2.89. The highest BCUT2D eigenvalue weighted by atomic mass is 15.3. The van der Waals surface area contributed by atoms with Crippen LogP contribution in [0.1, 0.15) is 38.8 Å². The minimum Gasteiger partial charge on any atom is -0.368 e. The third-order valence-electron chi connectivity index (χ3n) is 4.58. The fourth-order valence-electron chi connectivity index (χ4n) is 3.33. The Kier molecular flexibility index (Phi) is 5.44. The summed E-state index contributed by atoms with van der Waals surface area (Å²) in [6.07, 6.45) is 1.12. The van der Waals surface area contributed by atoms with Crippen molar-refractivity contribution in [3.05, 3.63) is 29.8 Å². The Bertz CT molecular complexity index is 414. The molecule has 3 heteroatoms. The predicted molar refractivity (Wildman–Crippen MR) is 87.5 cm³/mol. The summed E-state index contributed by atoms with van der Waals surface area (Å²) >= 11 is 0. The lowest BCUT2D eigenvalue weighted by atomic mass is 10.0. The summed E-state index contributed by atoms with van der Waals surface area (Å²) in [6.45, 7) is 11.4. The Morgan fingerprint density at radius 1 is 1.25 bits per heavy atom. The number of nitrogens with zero attached hydrogens (tertiary/aromatic N) is 2. The van der Waals surface area contributed by atoms with E-state index in [4.69, 9.17) is 0 Å². The zero-order valence-corrected chi connectivity index (χ0v) is 13.4. The minimum absolute atomic E-state index is 0.450. The normalized spacial score (nSPS) is 22.0. The first-order valence-electron chi connectivity index (χ1n) is 7.96. The number of likely N-dealkylation sites (N-methyl/N-ethyl adjacent to an activating group) is 1. The highest BCUT2D eigenvalue weighted by Crippen LogP contribution is 2.29. The van der Waals surface area contributed by atoms with Crippen molar-refractivity contribution in [2.24, 2.45) is 0 Å². The van der Waals surface area contributed by atoms with Gasteiger partial charge in [0, 0.05) is 37.4 Å². The van der Waals surface area contributed by atoms with Gasteiger partial charge in [-0.05, 0) is 38.6 Å². The van der Waals surface area contributed by atoms with Gasteiger partial charge < -0.3 is 10.2 Å². The van der Waals surface area contributed by atoms with Gasteiger partial charge in [-0.25, -0.2) is 0 Å². The van der Waals surface area contributed by atoms with Gasteiger partial charge in [0.25, 0.3) is 0 Å². The molecule has 1 aliphatic heterocycles. The van der Waals surface area contributed by atoms with Crippen LogP contribution < -0.4 is 10.2 Å². The van der Waals surface area contributed by atoms with Crippen LogP contribution in [0.5, 0.6) is 0 Å². The van der Waals surface area contributed by atoms with Crippen LogP contribution >= 0.6 is 0 Å². The molecule has 3 nitrogen and oxygen atoms in total. The molecule has 1 aromatic carbocycles. The van der Waals surface area contributed by atoms with E-state index >= 15 is 0 Å². The molecule has 2 rings (SSSR count). The second kappa shape index (κ2) is 7.09. The molecule has 1 heterocycles. The first-order chi connectivity index (χ1) is 9.71. The van der Waals surface area contributed by atoms with Crippen LogP contribution in [0.25, 0.3) is 0 Å². The van der Waals surface area contributed by atoms with Crippen molar-refractivity contribution >= 4 is 5.69 Å². The van der Waals surface area contributed by atoms with Gasteiger partial charge in [0.2, 0.25) is 0 Å². The van der Waals surface area contributed by atoms with Gasteiger partial charge in [-0.1, -0.05) is 32.0 Å². The van der Waals surface area contributed by atoms with E-state index in [1.54, 1.807) is 0 Å². The van der Waals surface area contributed by atoms with Crippen molar-refractivity contribution in [1.82, 2.24) is 10.2 Å². The van der Waals surface area contributed by atoms with Crippen LogP contribution in [0.4, 0.5) is 5.69 Å². The van der Waals surface area contributed by atoms with E-state index < -0.39 is 0 Å². The molecule has 2 unspecified atom stereocenters. The first-order valence-corrected chi connectivity index (χ1v) is 7.96. The molecule has 0 saturated carbocycles. The van der Waals surface area contributed by atoms with Gasteiger partial charge in [0.15, 0.2) is 0 Å². The maximum absolute atomic E-state index is 3.44. The monoisotopic (exact) mass is 275 g/mol. The van der Waals surface area contributed by atoms with Crippen LogP contribution in [0.2, 0.25) is 0 Å². The molecule has 20 heavy (non-hydrogen) atoms. The third-order valence-corrected chi connectivity index (χ3v) is 4.58. The van der Waals surface area contributed by atoms with Crippen molar-refractivity contribution in [2.45, 2.75) is 39.3 Å².